The molecule has 1 unspecified atom stereocenters. The number of fused-ring (bicyclic) bond motifs is 1. The third-order valence-electron chi connectivity index (χ3n) is 3.53. The maximum Gasteiger partial charge on any atom is 0.224 e. The molecule has 1 amide bonds. The van der Waals surface area contributed by atoms with Crippen LogP contribution in [0.15, 0.2) is 18.2 Å². The van der Waals surface area contributed by atoms with E-state index in [1.165, 1.54) is 5.56 Å². The molecule has 0 aliphatic carbocycles. The van der Waals surface area contributed by atoms with Gasteiger partial charge >= 0.3 is 0 Å². The lowest BCUT2D eigenvalue weighted by Gasteiger charge is -2.25. The summed E-state index contributed by atoms with van der Waals surface area (Å²) in [4.78, 5) is 11.3. The highest BCUT2D eigenvalue weighted by molar-refractivity contribution is 5.94. The second kappa shape index (κ2) is 4.98. The number of carbonyl (C=O) groups excluding carboxylic acids is 1. The number of nitrogens with one attached hydrogen (secondary N) is 2. The standard InChI is InChI=1S/C14H18N2O2/c17-14-6-3-10-8-11(4-5-13(10)16-14)15-12-2-1-7-18-9-12/h4-5,8,12,15H,1-3,6-7,9H2,(H,16,17). The van der Waals surface area contributed by atoms with Gasteiger partial charge in [-0.1, -0.05) is 0 Å². The van der Waals surface area contributed by atoms with E-state index in [9.17, 15) is 4.79 Å². The molecule has 2 aliphatic rings. The van der Waals surface area contributed by atoms with Gasteiger partial charge in [-0.15, -0.1) is 0 Å². The molecule has 2 heterocycles. The highest BCUT2D eigenvalue weighted by Gasteiger charge is 2.17. The Labute approximate surface area is 107 Å². The quantitative estimate of drug-likeness (QED) is 0.840. The molecule has 1 atom stereocenters. The number of aryl methyl sites for hydroxylation is 1. The van der Waals surface area contributed by atoms with E-state index < -0.39 is 0 Å². The van der Waals surface area contributed by atoms with Crippen LogP contribution in [0.2, 0.25) is 0 Å². The summed E-state index contributed by atoms with van der Waals surface area (Å²) in [6.45, 7) is 1.67. The van der Waals surface area contributed by atoms with Crippen LogP contribution >= 0.6 is 0 Å². The van der Waals surface area contributed by atoms with Gasteiger partial charge in [0.25, 0.3) is 0 Å². The molecule has 4 nitrogen and oxygen atoms in total. The minimum atomic E-state index is 0.115. The number of ether oxygens (including phenoxy) is 1. The van der Waals surface area contributed by atoms with Gasteiger partial charge < -0.3 is 15.4 Å². The summed E-state index contributed by atoms with van der Waals surface area (Å²) in [7, 11) is 0. The Balaban J connectivity index is 1.71. The van der Waals surface area contributed by atoms with Crippen molar-refractivity contribution in [1.82, 2.24) is 0 Å². The fraction of sp³-hybridized carbons (Fsp3) is 0.500. The van der Waals surface area contributed by atoms with Crippen LogP contribution in [0.5, 0.6) is 0 Å². The molecule has 1 fully saturated rings. The van der Waals surface area contributed by atoms with Crippen LogP contribution in [0.3, 0.4) is 0 Å². The minimum Gasteiger partial charge on any atom is -0.380 e. The molecule has 0 aromatic heterocycles. The Morgan fingerprint density at radius 3 is 3.11 bits per heavy atom. The van der Waals surface area contributed by atoms with E-state index in [-0.39, 0.29) is 5.91 Å². The molecule has 1 aromatic carbocycles. The van der Waals surface area contributed by atoms with Gasteiger partial charge in [0.2, 0.25) is 5.91 Å². The predicted molar refractivity (Wildman–Crippen MR) is 70.9 cm³/mol. The zero-order valence-corrected chi connectivity index (χ0v) is 10.4. The van der Waals surface area contributed by atoms with Crippen molar-refractivity contribution in [3.05, 3.63) is 23.8 Å². The average molecular weight is 246 g/mol. The molecule has 1 saturated heterocycles. The lowest BCUT2D eigenvalue weighted by Crippen LogP contribution is -2.30. The predicted octanol–water partition coefficient (Wildman–Crippen LogP) is 2.16. The maximum atomic E-state index is 11.3. The number of amides is 1. The van der Waals surface area contributed by atoms with Crippen molar-refractivity contribution >= 4 is 17.3 Å². The fourth-order valence-corrected chi connectivity index (χ4v) is 2.56. The van der Waals surface area contributed by atoms with Gasteiger partial charge in [-0.05, 0) is 43.0 Å². The van der Waals surface area contributed by atoms with Crippen LogP contribution in [0, 0.1) is 0 Å². The molecule has 0 radical (unpaired) electrons. The van der Waals surface area contributed by atoms with Gasteiger partial charge in [0, 0.05) is 30.4 Å². The normalized spacial score (nSPS) is 23.1. The summed E-state index contributed by atoms with van der Waals surface area (Å²) in [5.41, 5.74) is 3.30. The second-order valence-corrected chi connectivity index (χ2v) is 4.98. The molecule has 18 heavy (non-hydrogen) atoms. The van der Waals surface area contributed by atoms with E-state index in [4.69, 9.17) is 4.74 Å². The molecule has 3 rings (SSSR count). The lowest BCUT2D eigenvalue weighted by molar-refractivity contribution is -0.116. The molecular formula is C14H18N2O2. The number of carbonyl (C=O) groups is 1. The van der Waals surface area contributed by atoms with E-state index in [2.05, 4.69) is 16.7 Å². The summed E-state index contributed by atoms with van der Waals surface area (Å²) < 4.78 is 5.46. The number of anilines is 2. The summed E-state index contributed by atoms with van der Waals surface area (Å²) in [5, 5.41) is 6.40. The first kappa shape index (κ1) is 11.5. The summed E-state index contributed by atoms with van der Waals surface area (Å²) in [5.74, 6) is 0.115. The van der Waals surface area contributed by atoms with E-state index in [0.29, 0.717) is 12.5 Å². The van der Waals surface area contributed by atoms with Crippen molar-refractivity contribution in [3.8, 4) is 0 Å². The fourth-order valence-electron chi connectivity index (χ4n) is 2.56. The smallest absolute Gasteiger partial charge is 0.224 e. The molecular weight excluding hydrogens is 228 g/mol. The first-order chi connectivity index (χ1) is 8.81. The van der Waals surface area contributed by atoms with Crippen LogP contribution < -0.4 is 10.6 Å². The lowest BCUT2D eigenvalue weighted by atomic mass is 10.0. The molecule has 0 spiro atoms. The first-order valence-electron chi connectivity index (χ1n) is 6.58. The van der Waals surface area contributed by atoms with Gasteiger partial charge in [0.05, 0.1) is 6.61 Å². The topological polar surface area (TPSA) is 50.4 Å². The molecule has 2 N–H and O–H groups in total. The Morgan fingerprint density at radius 1 is 1.33 bits per heavy atom. The zero-order chi connectivity index (χ0) is 12.4. The van der Waals surface area contributed by atoms with E-state index >= 15 is 0 Å². The van der Waals surface area contributed by atoms with Crippen LogP contribution in [-0.4, -0.2) is 25.2 Å². The Hall–Kier alpha value is -1.55. The van der Waals surface area contributed by atoms with Gasteiger partial charge in [0.15, 0.2) is 0 Å². The summed E-state index contributed by atoms with van der Waals surface area (Å²) in [6, 6.07) is 6.57. The molecule has 0 bridgehead atoms. The Bertz CT molecular complexity index is 453. The molecule has 0 saturated carbocycles. The second-order valence-electron chi connectivity index (χ2n) is 4.98. The van der Waals surface area contributed by atoms with E-state index in [0.717, 1.165) is 43.9 Å². The van der Waals surface area contributed by atoms with E-state index in [1.54, 1.807) is 0 Å². The summed E-state index contributed by atoms with van der Waals surface area (Å²) >= 11 is 0. The molecule has 96 valence electrons. The molecule has 1 aromatic rings. The molecule has 4 heteroatoms. The first-order valence-corrected chi connectivity index (χ1v) is 6.58. The van der Waals surface area contributed by atoms with E-state index in [1.807, 2.05) is 12.1 Å². The van der Waals surface area contributed by atoms with Crippen LogP contribution in [0.25, 0.3) is 0 Å². The van der Waals surface area contributed by atoms with Crippen molar-refractivity contribution in [2.75, 3.05) is 23.8 Å². The number of benzene rings is 1. The third kappa shape index (κ3) is 2.48. The SMILES string of the molecule is O=C1CCc2cc(NC3CCCOC3)ccc2N1. The van der Waals surface area contributed by atoms with Crippen molar-refractivity contribution in [2.45, 2.75) is 31.7 Å². The monoisotopic (exact) mass is 246 g/mol. The van der Waals surface area contributed by atoms with Crippen molar-refractivity contribution in [1.29, 1.82) is 0 Å². The zero-order valence-electron chi connectivity index (χ0n) is 10.4. The number of rotatable bonds is 2. The minimum absolute atomic E-state index is 0.115. The number of hydrogen-bond acceptors (Lipinski definition) is 3. The van der Waals surface area contributed by atoms with Gasteiger partial charge in [-0.3, -0.25) is 4.79 Å². The van der Waals surface area contributed by atoms with Gasteiger partial charge in [0.1, 0.15) is 0 Å². The average Bonchev–Trinajstić information content (AvgIpc) is 2.40. The van der Waals surface area contributed by atoms with Crippen LogP contribution in [0.4, 0.5) is 11.4 Å². The maximum absolute atomic E-state index is 11.3. The third-order valence-corrected chi connectivity index (χ3v) is 3.53. The van der Waals surface area contributed by atoms with Crippen LogP contribution in [0.1, 0.15) is 24.8 Å². The number of hydrogen-bond donors (Lipinski definition) is 2. The van der Waals surface area contributed by atoms with Crippen molar-refractivity contribution < 1.29 is 9.53 Å². The van der Waals surface area contributed by atoms with Crippen molar-refractivity contribution in [3.63, 3.8) is 0 Å². The highest BCUT2D eigenvalue weighted by atomic mass is 16.5. The molecule has 2 aliphatic heterocycles. The summed E-state index contributed by atoms with van der Waals surface area (Å²) in [6.07, 6.45) is 3.70. The van der Waals surface area contributed by atoms with Gasteiger partial charge in [-0.2, -0.15) is 0 Å². The Morgan fingerprint density at radius 2 is 2.28 bits per heavy atom. The highest BCUT2D eigenvalue weighted by Crippen LogP contribution is 2.26. The van der Waals surface area contributed by atoms with Crippen LogP contribution in [-0.2, 0) is 16.0 Å². The van der Waals surface area contributed by atoms with Crippen molar-refractivity contribution in [2.24, 2.45) is 0 Å². The Kier molecular flexibility index (Phi) is 3.19. The van der Waals surface area contributed by atoms with Gasteiger partial charge in [-0.25, -0.2) is 0 Å². The largest absolute Gasteiger partial charge is 0.380 e.